The molecule has 1 rings (SSSR count). The van der Waals surface area contributed by atoms with Gasteiger partial charge in [0.25, 0.3) is 9.05 Å². The van der Waals surface area contributed by atoms with Gasteiger partial charge in [-0.25, -0.2) is 22.0 Å². The van der Waals surface area contributed by atoms with Gasteiger partial charge >= 0.3 is 5.97 Å². The highest BCUT2D eigenvalue weighted by Crippen LogP contribution is 2.22. The second-order valence-corrected chi connectivity index (χ2v) is 7.44. The van der Waals surface area contributed by atoms with E-state index in [2.05, 4.69) is 0 Å². The van der Waals surface area contributed by atoms with E-state index in [0.717, 1.165) is 6.42 Å². The molecule has 0 aliphatic heterocycles. The average Bonchev–Trinajstić information content (AvgIpc) is 2.35. The highest BCUT2D eigenvalue weighted by atomic mass is 35.7. The van der Waals surface area contributed by atoms with Crippen LogP contribution in [-0.2, 0) is 13.8 Å². The van der Waals surface area contributed by atoms with Gasteiger partial charge in [-0.3, -0.25) is 0 Å². The molecular weight excluding hydrogens is 326 g/mol. The van der Waals surface area contributed by atoms with Crippen molar-refractivity contribution in [3.05, 3.63) is 29.3 Å². The van der Waals surface area contributed by atoms with E-state index < -0.39 is 37.1 Å². The number of ether oxygens (including phenoxy) is 1. The number of halogens is 3. The smallest absolute Gasteiger partial charge is 0.341 e. The van der Waals surface area contributed by atoms with E-state index >= 15 is 0 Å². The van der Waals surface area contributed by atoms with E-state index in [1.165, 1.54) is 0 Å². The van der Waals surface area contributed by atoms with Crippen LogP contribution in [0.5, 0.6) is 0 Å². The summed E-state index contributed by atoms with van der Waals surface area (Å²) in [6.07, 6.45) is 1.38. The lowest BCUT2D eigenvalue weighted by Gasteiger charge is -2.08. The Kier molecular flexibility index (Phi) is 6.10. The fourth-order valence-corrected chi connectivity index (χ4v) is 2.36. The molecule has 0 aromatic heterocycles. The average molecular weight is 341 g/mol. The Hall–Kier alpha value is -1.21. The highest BCUT2D eigenvalue weighted by Gasteiger charge is 2.22. The Balaban J connectivity index is 2.91. The summed E-state index contributed by atoms with van der Waals surface area (Å²) in [5, 5.41) is 0. The summed E-state index contributed by atoms with van der Waals surface area (Å²) in [5.74, 6) is -3.65. The Morgan fingerprint density at radius 2 is 1.95 bits per heavy atom. The molecule has 0 aliphatic carbocycles. The molecule has 0 heterocycles. The van der Waals surface area contributed by atoms with Gasteiger partial charge in [0, 0.05) is 10.7 Å². The molecule has 8 heteroatoms. The molecule has 0 spiro atoms. The van der Waals surface area contributed by atoms with E-state index in [4.69, 9.17) is 15.4 Å². The topological polar surface area (TPSA) is 60.4 Å². The third-order valence-electron chi connectivity index (χ3n) is 2.66. The van der Waals surface area contributed by atoms with Gasteiger partial charge in [0.05, 0.1) is 17.1 Å². The van der Waals surface area contributed by atoms with Crippen molar-refractivity contribution in [1.29, 1.82) is 0 Å². The van der Waals surface area contributed by atoms with Crippen molar-refractivity contribution in [1.82, 2.24) is 0 Å². The summed E-state index contributed by atoms with van der Waals surface area (Å²) in [5.41, 5.74) is -0.793. The van der Waals surface area contributed by atoms with Gasteiger partial charge in [0.2, 0.25) is 0 Å². The number of hydrogen-bond donors (Lipinski definition) is 0. The monoisotopic (exact) mass is 340 g/mol. The van der Waals surface area contributed by atoms with Crippen LogP contribution in [0.25, 0.3) is 0 Å². The summed E-state index contributed by atoms with van der Waals surface area (Å²) in [7, 11) is 0.775. The number of hydrogen-bond acceptors (Lipinski definition) is 4. The van der Waals surface area contributed by atoms with Gasteiger partial charge in [0.1, 0.15) is 0 Å². The summed E-state index contributed by atoms with van der Waals surface area (Å²) in [4.78, 5) is 11.0. The number of carbonyl (C=O) groups is 1. The van der Waals surface area contributed by atoms with Crippen molar-refractivity contribution < 1.29 is 26.7 Å². The highest BCUT2D eigenvalue weighted by molar-refractivity contribution is 8.13. The second-order valence-electron chi connectivity index (χ2n) is 4.88. The minimum Gasteiger partial charge on any atom is -0.462 e. The standard InChI is InChI=1S/C13H15ClF2O4S/c1-8(2)4-3-5-20-13(17)10-6-9(21(14,18)19)7-11(15)12(10)16/h6-8H,3-5H2,1-2H3. The van der Waals surface area contributed by atoms with E-state index in [-0.39, 0.29) is 6.61 Å². The maximum atomic E-state index is 13.5. The van der Waals surface area contributed by atoms with Crippen molar-refractivity contribution >= 4 is 25.7 Å². The fourth-order valence-electron chi connectivity index (χ4n) is 1.59. The number of rotatable bonds is 6. The third-order valence-corrected chi connectivity index (χ3v) is 4.00. The van der Waals surface area contributed by atoms with E-state index in [9.17, 15) is 22.0 Å². The zero-order valence-electron chi connectivity index (χ0n) is 11.5. The molecule has 0 bridgehead atoms. The number of esters is 1. The Morgan fingerprint density at radius 1 is 1.33 bits per heavy atom. The zero-order chi connectivity index (χ0) is 16.2. The number of carbonyl (C=O) groups excluding carboxylic acids is 1. The van der Waals surface area contributed by atoms with Crippen molar-refractivity contribution in [2.24, 2.45) is 5.92 Å². The largest absolute Gasteiger partial charge is 0.462 e. The number of benzene rings is 1. The predicted molar refractivity (Wildman–Crippen MR) is 73.8 cm³/mol. The molecule has 0 saturated carbocycles. The van der Waals surface area contributed by atoms with Crippen LogP contribution in [0.3, 0.4) is 0 Å². The van der Waals surface area contributed by atoms with Crippen LogP contribution in [-0.4, -0.2) is 21.0 Å². The summed E-state index contributed by atoms with van der Waals surface area (Å²) < 4.78 is 53.9. The SMILES string of the molecule is CC(C)CCCOC(=O)c1cc(S(=O)(=O)Cl)cc(F)c1F. The summed E-state index contributed by atoms with van der Waals surface area (Å²) in [6, 6.07) is 1.07. The van der Waals surface area contributed by atoms with Gasteiger partial charge < -0.3 is 4.74 Å². The maximum absolute atomic E-state index is 13.5. The molecule has 1 aromatic rings. The molecule has 0 amide bonds. The Labute approximate surface area is 126 Å². The van der Waals surface area contributed by atoms with Gasteiger partial charge in [-0.15, -0.1) is 0 Å². The first kappa shape index (κ1) is 17.8. The third kappa shape index (κ3) is 5.24. The van der Waals surface area contributed by atoms with Gasteiger partial charge in [0.15, 0.2) is 11.6 Å². The van der Waals surface area contributed by atoms with Crippen molar-refractivity contribution in [2.75, 3.05) is 6.61 Å². The molecule has 4 nitrogen and oxygen atoms in total. The second kappa shape index (κ2) is 7.17. The predicted octanol–water partition coefficient (Wildman–Crippen LogP) is 3.49. The van der Waals surface area contributed by atoms with Gasteiger partial charge in [-0.1, -0.05) is 13.8 Å². The van der Waals surface area contributed by atoms with Crippen LogP contribution in [0.4, 0.5) is 8.78 Å². The Bertz CT molecular complexity index is 629. The molecule has 0 aliphatic rings. The summed E-state index contributed by atoms with van der Waals surface area (Å²) >= 11 is 0. The molecule has 0 fully saturated rings. The minimum absolute atomic E-state index is 0.0376. The molecule has 0 saturated heterocycles. The van der Waals surface area contributed by atoms with Crippen molar-refractivity contribution in [3.8, 4) is 0 Å². The van der Waals surface area contributed by atoms with Gasteiger partial charge in [-0.05, 0) is 30.9 Å². The molecule has 21 heavy (non-hydrogen) atoms. The quantitative estimate of drug-likeness (QED) is 0.452. The molecule has 0 unspecified atom stereocenters. The molecule has 0 atom stereocenters. The lowest BCUT2D eigenvalue weighted by molar-refractivity contribution is 0.0488. The van der Waals surface area contributed by atoms with Crippen LogP contribution in [0.15, 0.2) is 17.0 Å². The lowest BCUT2D eigenvalue weighted by atomic mass is 10.1. The van der Waals surface area contributed by atoms with Crippen molar-refractivity contribution in [3.63, 3.8) is 0 Å². The van der Waals surface area contributed by atoms with Crippen LogP contribution >= 0.6 is 10.7 Å². The minimum atomic E-state index is -4.28. The first-order valence-electron chi connectivity index (χ1n) is 6.23. The molecule has 0 N–H and O–H groups in total. The lowest BCUT2D eigenvalue weighted by Crippen LogP contribution is -2.11. The molecule has 118 valence electrons. The molecular formula is C13H15ClF2O4S. The molecule has 1 aromatic carbocycles. The normalized spacial score (nSPS) is 11.7. The zero-order valence-corrected chi connectivity index (χ0v) is 13.1. The van der Waals surface area contributed by atoms with Crippen LogP contribution in [0, 0.1) is 17.6 Å². The van der Waals surface area contributed by atoms with Crippen molar-refractivity contribution in [2.45, 2.75) is 31.6 Å². The van der Waals surface area contributed by atoms with Crippen LogP contribution in [0.1, 0.15) is 37.0 Å². The van der Waals surface area contributed by atoms with E-state index in [1.807, 2.05) is 13.8 Å². The molecule has 0 radical (unpaired) electrons. The van der Waals surface area contributed by atoms with E-state index in [1.54, 1.807) is 0 Å². The maximum Gasteiger partial charge on any atom is 0.341 e. The first-order valence-corrected chi connectivity index (χ1v) is 8.54. The van der Waals surface area contributed by atoms with Crippen LogP contribution in [0.2, 0.25) is 0 Å². The summed E-state index contributed by atoms with van der Waals surface area (Å²) in [6.45, 7) is 4.02. The Morgan fingerprint density at radius 3 is 2.48 bits per heavy atom. The van der Waals surface area contributed by atoms with Gasteiger partial charge in [-0.2, -0.15) is 0 Å². The van der Waals surface area contributed by atoms with E-state index in [0.29, 0.717) is 24.5 Å². The fraction of sp³-hybridized carbons (Fsp3) is 0.462. The first-order chi connectivity index (χ1) is 9.62. The van der Waals surface area contributed by atoms with Crippen LogP contribution < -0.4 is 0 Å².